The molecule has 4 aromatic rings. The zero-order valence-corrected chi connectivity index (χ0v) is 18.5. The van der Waals surface area contributed by atoms with Crippen LogP contribution < -0.4 is 15.4 Å². The van der Waals surface area contributed by atoms with Crippen molar-refractivity contribution in [2.45, 2.75) is 6.92 Å². The Balaban J connectivity index is 1.53. The number of thiazole rings is 2. The van der Waals surface area contributed by atoms with Gasteiger partial charge >= 0.3 is 0 Å². The summed E-state index contributed by atoms with van der Waals surface area (Å²) in [5.41, 5.74) is 2.92. The van der Waals surface area contributed by atoms with Crippen molar-refractivity contribution >= 4 is 56.1 Å². The Kier molecular flexibility index (Phi) is 5.98. The number of carbonyl (C=O) groups is 1. The highest BCUT2D eigenvalue weighted by atomic mass is 35.5. The Morgan fingerprint density at radius 1 is 1.07 bits per heavy atom. The molecule has 30 heavy (non-hydrogen) atoms. The normalized spacial score (nSPS) is 10.6. The molecule has 0 radical (unpaired) electrons. The number of nitrogens with zero attached hydrogens (tertiary/aromatic N) is 2. The molecule has 0 spiro atoms. The van der Waals surface area contributed by atoms with Gasteiger partial charge in [0.25, 0.3) is 5.91 Å². The summed E-state index contributed by atoms with van der Waals surface area (Å²) in [7, 11) is 1.58. The number of amides is 1. The predicted molar refractivity (Wildman–Crippen MR) is 124 cm³/mol. The number of methoxy groups -OCH3 is 1. The van der Waals surface area contributed by atoms with E-state index < -0.39 is 0 Å². The SMILES string of the molecule is COc1c(Cl)cccc1Nc1nc(-c2sc(NC(=O)c3ccccc3)nc2C)cs1. The highest BCUT2D eigenvalue weighted by Crippen LogP contribution is 2.38. The molecule has 1 amide bonds. The third-order valence-electron chi connectivity index (χ3n) is 4.20. The van der Waals surface area contributed by atoms with Crippen LogP contribution in [0.25, 0.3) is 10.6 Å². The number of aromatic nitrogens is 2. The van der Waals surface area contributed by atoms with Crippen LogP contribution in [-0.2, 0) is 0 Å². The zero-order valence-electron chi connectivity index (χ0n) is 16.1. The highest BCUT2D eigenvalue weighted by Gasteiger charge is 2.16. The molecule has 2 aromatic carbocycles. The quantitative estimate of drug-likeness (QED) is 0.359. The van der Waals surface area contributed by atoms with Crippen LogP contribution in [0.2, 0.25) is 5.02 Å². The van der Waals surface area contributed by atoms with Gasteiger partial charge in [0.1, 0.15) is 0 Å². The standard InChI is InChI=1S/C21H17ClN4O2S2/c1-12-18(30-21(23-12)26-19(27)13-7-4-3-5-8-13)16-11-29-20(25-16)24-15-10-6-9-14(22)17(15)28-2/h3-11H,1-2H3,(H,24,25)(H,23,26,27). The summed E-state index contributed by atoms with van der Waals surface area (Å²) in [6.07, 6.45) is 0. The van der Waals surface area contributed by atoms with Gasteiger partial charge in [-0.05, 0) is 31.2 Å². The van der Waals surface area contributed by atoms with Gasteiger partial charge in [0.2, 0.25) is 0 Å². The molecular formula is C21H17ClN4O2S2. The number of benzene rings is 2. The fourth-order valence-electron chi connectivity index (χ4n) is 2.81. The highest BCUT2D eigenvalue weighted by molar-refractivity contribution is 7.20. The molecule has 9 heteroatoms. The Morgan fingerprint density at radius 3 is 2.63 bits per heavy atom. The smallest absolute Gasteiger partial charge is 0.257 e. The lowest BCUT2D eigenvalue weighted by molar-refractivity contribution is 0.102. The number of carbonyl (C=O) groups excluding carboxylic acids is 1. The topological polar surface area (TPSA) is 76.1 Å². The van der Waals surface area contributed by atoms with Crippen LogP contribution in [0.1, 0.15) is 16.1 Å². The summed E-state index contributed by atoms with van der Waals surface area (Å²) in [6, 6.07) is 14.5. The van der Waals surface area contributed by atoms with Gasteiger partial charge in [0.15, 0.2) is 16.0 Å². The van der Waals surface area contributed by atoms with E-state index in [1.807, 2.05) is 42.6 Å². The van der Waals surface area contributed by atoms with Crippen LogP contribution >= 0.6 is 34.3 Å². The van der Waals surface area contributed by atoms with Crippen molar-refractivity contribution < 1.29 is 9.53 Å². The van der Waals surface area contributed by atoms with Gasteiger partial charge in [0.05, 0.1) is 34.1 Å². The molecule has 152 valence electrons. The first-order valence-corrected chi connectivity index (χ1v) is 11.0. The number of halogens is 1. The molecule has 0 saturated carbocycles. The third-order valence-corrected chi connectivity index (χ3v) is 6.35. The molecule has 0 bridgehead atoms. The molecule has 6 nitrogen and oxygen atoms in total. The summed E-state index contributed by atoms with van der Waals surface area (Å²) in [6.45, 7) is 1.90. The van der Waals surface area contributed by atoms with Gasteiger partial charge in [0, 0.05) is 10.9 Å². The van der Waals surface area contributed by atoms with Crippen molar-refractivity contribution in [1.82, 2.24) is 9.97 Å². The van der Waals surface area contributed by atoms with Gasteiger partial charge in [-0.25, -0.2) is 9.97 Å². The van der Waals surface area contributed by atoms with E-state index in [0.29, 0.717) is 26.6 Å². The first-order chi connectivity index (χ1) is 14.5. The van der Waals surface area contributed by atoms with E-state index in [9.17, 15) is 4.79 Å². The van der Waals surface area contributed by atoms with E-state index in [1.165, 1.54) is 22.7 Å². The van der Waals surface area contributed by atoms with E-state index in [2.05, 4.69) is 20.6 Å². The Morgan fingerprint density at radius 2 is 1.87 bits per heavy atom. The Bertz CT molecular complexity index is 1190. The fourth-order valence-corrected chi connectivity index (χ4v) is 4.77. The molecule has 0 saturated heterocycles. The van der Waals surface area contributed by atoms with Crippen LogP contribution in [0.4, 0.5) is 16.0 Å². The molecule has 0 aliphatic carbocycles. The minimum Gasteiger partial charge on any atom is -0.493 e. The lowest BCUT2D eigenvalue weighted by Gasteiger charge is -2.10. The number of rotatable bonds is 6. The molecule has 2 heterocycles. The largest absolute Gasteiger partial charge is 0.493 e. The van der Waals surface area contributed by atoms with Gasteiger partial charge in [-0.1, -0.05) is 47.2 Å². The molecule has 0 aliphatic rings. The number of aryl methyl sites for hydroxylation is 1. The summed E-state index contributed by atoms with van der Waals surface area (Å²) in [4.78, 5) is 22.4. The second-order valence-corrected chi connectivity index (χ2v) is 8.50. The third kappa shape index (κ3) is 4.30. The van der Waals surface area contributed by atoms with E-state index in [1.54, 1.807) is 25.3 Å². The molecule has 4 rings (SSSR count). The van der Waals surface area contributed by atoms with Crippen molar-refractivity contribution in [2.24, 2.45) is 0 Å². The van der Waals surface area contributed by atoms with Crippen molar-refractivity contribution in [2.75, 3.05) is 17.7 Å². The van der Waals surface area contributed by atoms with Gasteiger partial charge in [-0.15, -0.1) is 11.3 Å². The van der Waals surface area contributed by atoms with Crippen molar-refractivity contribution in [1.29, 1.82) is 0 Å². The number of hydrogen-bond acceptors (Lipinski definition) is 7. The minimum atomic E-state index is -0.190. The number of hydrogen-bond donors (Lipinski definition) is 2. The van der Waals surface area contributed by atoms with E-state index in [0.717, 1.165) is 22.0 Å². The molecular weight excluding hydrogens is 440 g/mol. The summed E-state index contributed by atoms with van der Waals surface area (Å²) < 4.78 is 5.37. The second kappa shape index (κ2) is 8.83. The molecule has 2 N–H and O–H groups in total. The lowest BCUT2D eigenvalue weighted by Crippen LogP contribution is -2.11. The molecule has 0 aliphatic heterocycles. The zero-order chi connectivity index (χ0) is 21.1. The summed E-state index contributed by atoms with van der Waals surface area (Å²) in [5, 5.41) is 9.81. The Labute approximate surface area is 186 Å². The number of ether oxygens (including phenoxy) is 1. The maximum atomic E-state index is 12.4. The first-order valence-electron chi connectivity index (χ1n) is 8.94. The van der Waals surface area contributed by atoms with E-state index in [-0.39, 0.29) is 5.91 Å². The summed E-state index contributed by atoms with van der Waals surface area (Å²) in [5.74, 6) is 0.375. The van der Waals surface area contributed by atoms with Crippen molar-refractivity contribution in [3.05, 3.63) is 70.2 Å². The molecule has 0 unspecified atom stereocenters. The maximum Gasteiger partial charge on any atom is 0.257 e. The molecule has 0 atom stereocenters. The van der Waals surface area contributed by atoms with Crippen molar-refractivity contribution in [3.63, 3.8) is 0 Å². The molecule has 0 fully saturated rings. The van der Waals surface area contributed by atoms with Gasteiger partial charge in [-0.3, -0.25) is 10.1 Å². The first kappa shape index (κ1) is 20.3. The average molecular weight is 457 g/mol. The monoisotopic (exact) mass is 456 g/mol. The van der Waals surface area contributed by atoms with Gasteiger partial charge < -0.3 is 10.1 Å². The van der Waals surface area contributed by atoms with E-state index >= 15 is 0 Å². The summed E-state index contributed by atoms with van der Waals surface area (Å²) >= 11 is 9.04. The average Bonchev–Trinajstić information content (AvgIpc) is 3.35. The second-order valence-electron chi connectivity index (χ2n) is 6.24. The fraction of sp³-hybridized carbons (Fsp3) is 0.0952. The van der Waals surface area contributed by atoms with Gasteiger partial charge in [-0.2, -0.15) is 0 Å². The van der Waals surface area contributed by atoms with Crippen LogP contribution in [0.3, 0.4) is 0 Å². The lowest BCUT2D eigenvalue weighted by atomic mass is 10.2. The van der Waals surface area contributed by atoms with Crippen molar-refractivity contribution in [3.8, 4) is 16.3 Å². The molecule has 2 aromatic heterocycles. The number of anilines is 3. The van der Waals surface area contributed by atoms with Crippen LogP contribution in [0.5, 0.6) is 5.75 Å². The predicted octanol–water partition coefficient (Wildman–Crippen LogP) is 6.23. The van der Waals surface area contributed by atoms with Crippen LogP contribution in [-0.4, -0.2) is 23.0 Å². The maximum absolute atomic E-state index is 12.4. The van der Waals surface area contributed by atoms with Crippen LogP contribution in [0.15, 0.2) is 53.9 Å². The number of nitrogens with one attached hydrogen (secondary N) is 2. The Hall–Kier alpha value is -2.94. The van der Waals surface area contributed by atoms with Crippen LogP contribution in [0, 0.1) is 6.92 Å². The van der Waals surface area contributed by atoms with E-state index in [4.69, 9.17) is 16.3 Å². The minimum absolute atomic E-state index is 0.190. The number of para-hydroxylation sites is 1.